The highest BCUT2D eigenvalue weighted by Gasteiger charge is 2.53. The second-order valence-corrected chi connectivity index (χ2v) is 8.00. The van der Waals surface area contributed by atoms with Crippen molar-refractivity contribution in [3.63, 3.8) is 0 Å². The molecule has 0 unspecified atom stereocenters. The highest BCUT2D eigenvalue weighted by Crippen LogP contribution is 2.38. The first-order chi connectivity index (χ1) is 13.6. The first kappa shape index (κ1) is 19.2. The lowest BCUT2D eigenvalue weighted by atomic mass is 9.83. The average Bonchev–Trinajstić information content (AvgIpc) is 3.30. The second-order valence-electron chi connectivity index (χ2n) is 8.00. The monoisotopic (exact) mass is 388 g/mol. The molecule has 28 heavy (non-hydrogen) atoms. The molecule has 2 N–H and O–H groups in total. The Morgan fingerprint density at radius 3 is 2.71 bits per heavy atom. The van der Waals surface area contributed by atoms with Gasteiger partial charge in [-0.05, 0) is 37.7 Å². The van der Waals surface area contributed by atoms with Gasteiger partial charge in [0, 0.05) is 13.1 Å². The van der Waals surface area contributed by atoms with Crippen molar-refractivity contribution in [2.45, 2.75) is 68.9 Å². The maximum atomic E-state index is 13.5. The number of carbonyl (C=O) groups is 2. The zero-order valence-corrected chi connectivity index (χ0v) is 16.0. The summed E-state index contributed by atoms with van der Waals surface area (Å²) in [6.45, 7) is 1.14. The second kappa shape index (κ2) is 8.09. The predicted octanol–water partition coefficient (Wildman–Crippen LogP) is 1.98. The molecule has 1 saturated carbocycles. The highest BCUT2D eigenvalue weighted by atomic mass is 16.6. The number of carbonyl (C=O) groups excluding carboxylic acids is 2. The fourth-order valence-electron chi connectivity index (χ4n) is 4.71. The third-order valence-electron chi connectivity index (χ3n) is 6.15. The zero-order chi connectivity index (χ0) is 19.6. The first-order valence-corrected chi connectivity index (χ1v) is 10.2. The van der Waals surface area contributed by atoms with Crippen molar-refractivity contribution in [3.05, 3.63) is 35.9 Å². The number of fused-ring (bicyclic) bond motifs is 1. The molecule has 1 aromatic rings. The molecule has 2 aliphatic heterocycles. The van der Waals surface area contributed by atoms with Crippen LogP contribution in [-0.2, 0) is 20.8 Å². The molecule has 152 valence electrons. The maximum Gasteiger partial charge on any atom is 0.408 e. The van der Waals surface area contributed by atoms with Crippen LogP contribution >= 0.6 is 0 Å². The molecule has 0 aromatic heterocycles. The lowest BCUT2D eigenvalue weighted by Crippen LogP contribution is -2.57. The summed E-state index contributed by atoms with van der Waals surface area (Å²) in [6, 6.07) is 9.26. The number of nitrogens with one attached hydrogen (secondary N) is 1. The number of aliphatic hydroxyl groups excluding tert-OH is 1. The molecule has 2 heterocycles. The summed E-state index contributed by atoms with van der Waals surface area (Å²) in [7, 11) is 0. The van der Waals surface area contributed by atoms with E-state index >= 15 is 0 Å². The van der Waals surface area contributed by atoms with Gasteiger partial charge in [-0.15, -0.1) is 0 Å². The number of rotatable bonds is 4. The van der Waals surface area contributed by atoms with Crippen LogP contribution in [0.25, 0.3) is 0 Å². The van der Waals surface area contributed by atoms with Gasteiger partial charge >= 0.3 is 6.09 Å². The van der Waals surface area contributed by atoms with Crippen molar-refractivity contribution >= 4 is 12.0 Å². The van der Waals surface area contributed by atoms with E-state index in [1.54, 1.807) is 4.90 Å². The van der Waals surface area contributed by atoms with Gasteiger partial charge in [0.25, 0.3) is 5.91 Å². The average molecular weight is 388 g/mol. The number of hydrogen-bond acceptors (Lipinski definition) is 5. The van der Waals surface area contributed by atoms with Crippen molar-refractivity contribution < 1.29 is 24.2 Å². The van der Waals surface area contributed by atoms with Gasteiger partial charge in [-0.1, -0.05) is 36.8 Å². The topological polar surface area (TPSA) is 88.1 Å². The number of amides is 2. The Morgan fingerprint density at radius 1 is 1.21 bits per heavy atom. The van der Waals surface area contributed by atoms with E-state index in [1.165, 1.54) is 0 Å². The minimum absolute atomic E-state index is 0.119. The third kappa shape index (κ3) is 3.73. The molecule has 2 amide bonds. The van der Waals surface area contributed by atoms with Crippen LogP contribution in [0.15, 0.2) is 30.3 Å². The molecule has 0 spiro atoms. The molecule has 2 saturated heterocycles. The van der Waals surface area contributed by atoms with Gasteiger partial charge in [-0.2, -0.15) is 0 Å². The summed E-state index contributed by atoms with van der Waals surface area (Å²) in [5, 5.41) is 13.0. The largest absolute Gasteiger partial charge is 0.433 e. The van der Waals surface area contributed by atoms with Crippen molar-refractivity contribution in [1.29, 1.82) is 0 Å². The summed E-state index contributed by atoms with van der Waals surface area (Å²) >= 11 is 0. The molecular weight excluding hydrogens is 360 g/mol. The predicted molar refractivity (Wildman–Crippen MR) is 101 cm³/mol. The van der Waals surface area contributed by atoms with Gasteiger partial charge in [-0.25, -0.2) is 4.79 Å². The highest BCUT2D eigenvalue weighted by molar-refractivity contribution is 5.88. The van der Waals surface area contributed by atoms with E-state index in [2.05, 4.69) is 5.32 Å². The van der Waals surface area contributed by atoms with Crippen LogP contribution in [-0.4, -0.2) is 59.0 Å². The van der Waals surface area contributed by atoms with E-state index in [0.29, 0.717) is 32.4 Å². The van der Waals surface area contributed by atoms with Crippen LogP contribution in [0.4, 0.5) is 4.79 Å². The van der Waals surface area contributed by atoms with E-state index in [9.17, 15) is 14.7 Å². The summed E-state index contributed by atoms with van der Waals surface area (Å²) in [6.07, 6.45) is 3.11. The Balaban J connectivity index is 1.45. The van der Waals surface area contributed by atoms with Gasteiger partial charge in [0.1, 0.15) is 6.10 Å². The van der Waals surface area contributed by atoms with Gasteiger partial charge in [0.15, 0.2) is 5.60 Å². The fourth-order valence-corrected chi connectivity index (χ4v) is 4.71. The summed E-state index contributed by atoms with van der Waals surface area (Å²) in [4.78, 5) is 27.7. The smallest absolute Gasteiger partial charge is 0.408 e. The number of aliphatic hydroxyl groups is 1. The van der Waals surface area contributed by atoms with Gasteiger partial charge in [-0.3, -0.25) is 4.79 Å². The molecule has 0 bridgehead atoms. The molecule has 7 nitrogen and oxygen atoms in total. The van der Waals surface area contributed by atoms with Crippen LogP contribution in [0.3, 0.4) is 0 Å². The van der Waals surface area contributed by atoms with Crippen molar-refractivity contribution in [2.75, 3.05) is 13.2 Å². The molecule has 4 rings (SSSR count). The molecule has 0 radical (unpaired) electrons. The van der Waals surface area contributed by atoms with E-state index in [0.717, 1.165) is 24.8 Å². The lowest BCUT2D eigenvalue weighted by molar-refractivity contribution is -0.157. The minimum atomic E-state index is -1.14. The van der Waals surface area contributed by atoms with Gasteiger partial charge in [0.2, 0.25) is 0 Å². The van der Waals surface area contributed by atoms with Crippen LogP contribution in [0.5, 0.6) is 0 Å². The first-order valence-electron chi connectivity index (χ1n) is 10.2. The number of likely N-dealkylation sites (tertiary alicyclic amines) is 1. The number of hydrogen-bond donors (Lipinski definition) is 2. The van der Waals surface area contributed by atoms with Crippen molar-refractivity contribution in [3.8, 4) is 0 Å². The Morgan fingerprint density at radius 2 is 1.96 bits per heavy atom. The zero-order valence-electron chi connectivity index (χ0n) is 16.0. The van der Waals surface area contributed by atoms with Crippen molar-refractivity contribution in [2.24, 2.45) is 0 Å². The SMILES string of the molecule is O=C(NCc1ccccc1)OC1(C(=O)N2CC[C@H]3OC[C@H](O)[C@H]32)CCCCC1. The molecule has 1 aromatic carbocycles. The number of benzene rings is 1. The molecule has 3 fully saturated rings. The van der Waals surface area contributed by atoms with E-state index in [1.807, 2.05) is 30.3 Å². The Labute approximate surface area is 165 Å². The Kier molecular flexibility index (Phi) is 5.55. The molecule has 3 aliphatic rings. The quantitative estimate of drug-likeness (QED) is 0.823. The van der Waals surface area contributed by atoms with Gasteiger partial charge in [0.05, 0.1) is 18.8 Å². The number of alkyl carbamates (subject to hydrolysis) is 1. The van der Waals surface area contributed by atoms with Crippen molar-refractivity contribution in [1.82, 2.24) is 10.2 Å². The Hall–Kier alpha value is -2.12. The fraction of sp³-hybridized carbons (Fsp3) is 0.619. The molecular formula is C21H28N2O5. The summed E-state index contributed by atoms with van der Waals surface area (Å²) in [5.74, 6) is -0.181. The summed E-state index contributed by atoms with van der Waals surface area (Å²) in [5.41, 5.74) is -0.173. The number of ether oxygens (including phenoxy) is 2. The maximum absolute atomic E-state index is 13.5. The van der Waals surface area contributed by atoms with Crippen LogP contribution in [0.1, 0.15) is 44.1 Å². The third-order valence-corrected chi connectivity index (χ3v) is 6.15. The van der Waals surface area contributed by atoms with Crippen LogP contribution < -0.4 is 5.32 Å². The normalized spacial score (nSPS) is 28.6. The van der Waals surface area contributed by atoms with Crippen LogP contribution in [0, 0.1) is 0 Å². The Bertz CT molecular complexity index is 704. The lowest BCUT2D eigenvalue weighted by Gasteiger charge is -2.39. The number of nitrogens with zero attached hydrogens (tertiary/aromatic N) is 1. The van der Waals surface area contributed by atoms with Gasteiger partial charge < -0.3 is 24.8 Å². The van der Waals surface area contributed by atoms with E-state index in [-0.39, 0.29) is 24.7 Å². The minimum Gasteiger partial charge on any atom is -0.433 e. The summed E-state index contributed by atoms with van der Waals surface area (Å²) < 4.78 is 11.4. The van der Waals surface area contributed by atoms with E-state index in [4.69, 9.17) is 9.47 Å². The van der Waals surface area contributed by atoms with Crippen LogP contribution in [0.2, 0.25) is 0 Å². The van der Waals surface area contributed by atoms with E-state index < -0.39 is 17.8 Å². The molecule has 1 aliphatic carbocycles. The molecule has 3 atom stereocenters. The molecule has 7 heteroatoms. The standard InChI is InChI=1S/C21H28N2O5/c24-16-14-27-17-9-12-23(18(16)17)19(25)21(10-5-2-6-11-21)28-20(26)22-13-15-7-3-1-4-8-15/h1,3-4,7-8,16-18,24H,2,5-6,9-14H2,(H,22,26)/t16-,17+,18+/m0/s1.